The highest BCUT2D eigenvalue weighted by Gasteiger charge is 2.44. The van der Waals surface area contributed by atoms with Crippen molar-refractivity contribution in [3.8, 4) is 5.75 Å². The second-order valence-electron chi connectivity index (χ2n) is 9.94. The summed E-state index contributed by atoms with van der Waals surface area (Å²) in [5, 5.41) is 16.8. The van der Waals surface area contributed by atoms with Crippen LogP contribution in [0.3, 0.4) is 0 Å². The summed E-state index contributed by atoms with van der Waals surface area (Å²) in [5.41, 5.74) is 1.55. The van der Waals surface area contributed by atoms with Crippen molar-refractivity contribution in [1.82, 2.24) is 25.3 Å². The molecular weight excluding hydrogens is 506 g/mol. The Labute approximate surface area is 226 Å². The first-order chi connectivity index (χ1) is 18.5. The first kappa shape index (κ1) is 26.1. The Morgan fingerprint density at radius 1 is 1.21 bits per heavy atom. The van der Waals surface area contributed by atoms with Gasteiger partial charge >= 0.3 is 0 Å². The lowest BCUT2D eigenvalue weighted by molar-refractivity contribution is 0.0602. The van der Waals surface area contributed by atoms with E-state index in [1.807, 2.05) is 12.1 Å². The Bertz CT molecular complexity index is 1270. The zero-order chi connectivity index (χ0) is 26.5. The van der Waals surface area contributed by atoms with Gasteiger partial charge in [0.05, 0.1) is 31.3 Å². The summed E-state index contributed by atoms with van der Waals surface area (Å²) in [6.07, 6.45) is 10.5. The molecule has 5 rings (SSSR count). The maximum atomic E-state index is 13.1. The van der Waals surface area contributed by atoms with Crippen molar-refractivity contribution in [2.75, 3.05) is 30.5 Å². The van der Waals surface area contributed by atoms with Crippen LogP contribution in [0.25, 0.3) is 0 Å². The second-order valence-corrected chi connectivity index (χ2v) is 10.3. The number of hydrogen-bond acceptors (Lipinski definition) is 9. The number of ether oxygens (including phenoxy) is 1. The predicted octanol–water partition coefficient (Wildman–Crippen LogP) is 3.60. The summed E-state index contributed by atoms with van der Waals surface area (Å²) in [6.45, 7) is 1.37. The van der Waals surface area contributed by atoms with Crippen LogP contribution in [0.4, 0.5) is 11.8 Å². The highest BCUT2D eigenvalue weighted by molar-refractivity contribution is 6.32. The van der Waals surface area contributed by atoms with Crippen molar-refractivity contribution in [3.05, 3.63) is 64.8 Å². The molecule has 0 radical (unpaired) electrons. The molecule has 1 aliphatic carbocycles. The summed E-state index contributed by atoms with van der Waals surface area (Å²) in [5.74, 6) is 1.65. The van der Waals surface area contributed by atoms with E-state index in [4.69, 9.17) is 21.3 Å². The van der Waals surface area contributed by atoms with Crippen molar-refractivity contribution in [2.24, 2.45) is 5.41 Å². The van der Waals surface area contributed by atoms with Gasteiger partial charge in [-0.3, -0.25) is 4.79 Å². The van der Waals surface area contributed by atoms with Gasteiger partial charge in [-0.25, -0.2) is 15.0 Å². The minimum Gasteiger partial charge on any atom is -0.495 e. The number of nitrogens with zero attached hydrogens (tertiary/aromatic N) is 5. The lowest BCUT2D eigenvalue weighted by Gasteiger charge is -2.51. The quantitative estimate of drug-likeness (QED) is 0.375. The molecule has 1 unspecified atom stereocenters. The molecule has 3 aromatic rings. The smallest absolute Gasteiger partial charge is 0.256 e. The molecule has 10 nitrogen and oxygen atoms in total. The number of hydrogen-bond donors (Lipinski definition) is 3. The van der Waals surface area contributed by atoms with E-state index in [2.05, 4.69) is 30.5 Å². The number of methoxy groups -OCH3 is 1. The fraction of sp³-hybridized carbons (Fsp3) is 0.444. The molecule has 1 aliphatic heterocycles. The van der Waals surface area contributed by atoms with Crippen LogP contribution in [-0.4, -0.2) is 57.3 Å². The number of aliphatic hydroxyl groups is 1. The number of benzene rings is 1. The van der Waals surface area contributed by atoms with Crippen molar-refractivity contribution < 1.29 is 14.6 Å². The number of halogens is 1. The van der Waals surface area contributed by atoms with Gasteiger partial charge in [0.1, 0.15) is 23.0 Å². The zero-order valence-corrected chi connectivity index (χ0v) is 22.1. The summed E-state index contributed by atoms with van der Waals surface area (Å²) in [4.78, 5) is 32.9. The average Bonchev–Trinajstić information content (AvgIpc) is 2.94. The van der Waals surface area contributed by atoms with Crippen LogP contribution in [-0.2, 0) is 13.1 Å². The van der Waals surface area contributed by atoms with Crippen LogP contribution >= 0.6 is 11.6 Å². The molecular formula is C27H32ClN7O3. The highest BCUT2D eigenvalue weighted by Crippen LogP contribution is 2.50. The van der Waals surface area contributed by atoms with Crippen molar-refractivity contribution in [1.29, 1.82) is 0 Å². The van der Waals surface area contributed by atoms with E-state index in [-0.39, 0.29) is 25.1 Å². The largest absolute Gasteiger partial charge is 0.495 e. The summed E-state index contributed by atoms with van der Waals surface area (Å²) >= 11 is 6.31. The van der Waals surface area contributed by atoms with Gasteiger partial charge in [-0.05, 0) is 54.9 Å². The third kappa shape index (κ3) is 5.66. The van der Waals surface area contributed by atoms with E-state index in [9.17, 15) is 9.90 Å². The number of anilines is 2. The molecule has 2 fully saturated rings. The Hall–Kier alpha value is -3.50. The number of aromatic nitrogens is 4. The van der Waals surface area contributed by atoms with Gasteiger partial charge in [-0.1, -0.05) is 24.1 Å². The molecule has 1 amide bonds. The van der Waals surface area contributed by atoms with Crippen LogP contribution in [0.5, 0.6) is 5.75 Å². The van der Waals surface area contributed by atoms with Crippen molar-refractivity contribution >= 4 is 29.3 Å². The SMILES string of the molecule is COc1ccc(CNc2nc(N3CCC4(CCC4)CC3CO)ncc2C(=O)NCc2ncccn2)cc1Cl. The van der Waals surface area contributed by atoms with Crippen LogP contribution in [0.2, 0.25) is 5.02 Å². The average molecular weight is 538 g/mol. The fourth-order valence-corrected chi connectivity index (χ4v) is 5.58. The van der Waals surface area contributed by atoms with Gasteiger partial charge in [0.15, 0.2) is 0 Å². The number of carbonyl (C=O) groups is 1. The monoisotopic (exact) mass is 537 g/mol. The molecule has 3 N–H and O–H groups in total. The first-order valence-corrected chi connectivity index (χ1v) is 13.2. The number of amides is 1. The maximum absolute atomic E-state index is 13.1. The van der Waals surface area contributed by atoms with Gasteiger partial charge in [0.2, 0.25) is 5.95 Å². The summed E-state index contributed by atoms with van der Waals surface area (Å²) < 4.78 is 5.25. The Balaban J connectivity index is 1.38. The minimum absolute atomic E-state index is 0.0392. The predicted molar refractivity (Wildman–Crippen MR) is 144 cm³/mol. The second kappa shape index (κ2) is 11.5. The van der Waals surface area contributed by atoms with E-state index >= 15 is 0 Å². The van der Waals surface area contributed by atoms with E-state index in [0.29, 0.717) is 45.9 Å². The van der Waals surface area contributed by atoms with E-state index in [0.717, 1.165) is 24.9 Å². The third-order valence-corrected chi connectivity index (χ3v) is 7.89. The Kier molecular flexibility index (Phi) is 7.90. The molecule has 200 valence electrons. The van der Waals surface area contributed by atoms with E-state index in [1.165, 1.54) is 25.5 Å². The van der Waals surface area contributed by atoms with Gasteiger partial charge < -0.3 is 25.4 Å². The molecule has 2 aliphatic rings. The molecule has 1 saturated heterocycles. The molecule has 2 aromatic heterocycles. The highest BCUT2D eigenvalue weighted by atomic mass is 35.5. The lowest BCUT2D eigenvalue weighted by atomic mass is 9.61. The molecule has 3 heterocycles. The number of nitrogens with one attached hydrogen (secondary N) is 2. The van der Waals surface area contributed by atoms with Crippen LogP contribution in [0.15, 0.2) is 42.9 Å². The number of aliphatic hydroxyl groups excluding tert-OH is 1. The first-order valence-electron chi connectivity index (χ1n) is 12.9. The molecule has 1 atom stereocenters. The fourth-order valence-electron chi connectivity index (χ4n) is 5.30. The number of carbonyl (C=O) groups excluding carboxylic acids is 1. The Morgan fingerprint density at radius 2 is 2.03 bits per heavy atom. The van der Waals surface area contributed by atoms with Crippen LogP contribution in [0, 0.1) is 5.41 Å². The molecule has 1 saturated carbocycles. The number of rotatable bonds is 9. The summed E-state index contributed by atoms with van der Waals surface area (Å²) in [6, 6.07) is 7.18. The van der Waals surface area contributed by atoms with Crippen molar-refractivity contribution in [3.63, 3.8) is 0 Å². The van der Waals surface area contributed by atoms with E-state index < -0.39 is 0 Å². The maximum Gasteiger partial charge on any atom is 0.256 e. The van der Waals surface area contributed by atoms with Crippen LogP contribution in [0.1, 0.15) is 53.8 Å². The van der Waals surface area contributed by atoms with Crippen LogP contribution < -0.4 is 20.3 Å². The molecule has 0 bridgehead atoms. The standard InChI is InChI=1S/C27H32ClN7O3/c1-38-22-5-4-18(12-21(22)28)14-31-24-20(25(37)32-16-23-29-9-3-10-30-23)15-33-26(34-24)35-11-8-27(6-2-7-27)13-19(35)17-36/h3-5,9-10,12,15,19,36H,2,6-8,11,13-14,16-17H2,1H3,(H,32,37)(H,31,33,34). The van der Waals surface area contributed by atoms with Crippen molar-refractivity contribution in [2.45, 2.75) is 51.2 Å². The Morgan fingerprint density at radius 3 is 2.71 bits per heavy atom. The zero-order valence-electron chi connectivity index (χ0n) is 21.4. The van der Waals surface area contributed by atoms with Gasteiger partial charge in [0, 0.05) is 31.7 Å². The lowest BCUT2D eigenvalue weighted by Crippen LogP contribution is -2.52. The van der Waals surface area contributed by atoms with Gasteiger partial charge in [-0.2, -0.15) is 4.98 Å². The van der Waals surface area contributed by atoms with Gasteiger partial charge in [-0.15, -0.1) is 0 Å². The minimum atomic E-state index is -0.343. The molecule has 38 heavy (non-hydrogen) atoms. The topological polar surface area (TPSA) is 125 Å². The normalized spacial score (nSPS) is 18.1. The summed E-state index contributed by atoms with van der Waals surface area (Å²) in [7, 11) is 1.57. The molecule has 1 spiro atoms. The van der Waals surface area contributed by atoms with Gasteiger partial charge in [0.25, 0.3) is 5.91 Å². The molecule has 1 aromatic carbocycles. The number of piperidine rings is 1. The van der Waals surface area contributed by atoms with E-state index in [1.54, 1.807) is 31.6 Å². The third-order valence-electron chi connectivity index (χ3n) is 7.60. The molecule has 11 heteroatoms.